The highest BCUT2D eigenvalue weighted by Gasteiger charge is 2.12. The number of carbonyl (C=O) groups is 2. The summed E-state index contributed by atoms with van der Waals surface area (Å²) in [6.07, 6.45) is 0. The van der Waals surface area contributed by atoms with Gasteiger partial charge in [-0.15, -0.1) is 0 Å². The van der Waals surface area contributed by atoms with Gasteiger partial charge in [0.15, 0.2) is 11.5 Å². The summed E-state index contributed by atoms with van der Waals surface area (Å²) in [4.78, 5) is 23.7. The molecule has 0 aliphatic carbocycles. The number of hydrogen-bond acceptors (Lipinski definition) is 6. The van der Waals surface area contributed by atoms with Crippen molar-refractivity contribution in [3.8, 4) is 11.5 Å². The second-order valence-corrected chi connectivity index (χ2v) is 5.91. The van der Waals surface area contributed by atoms with Gasteiger partial charge in [0.25, 0.3) is 0 Å². The van der Waals surface area contributed by atoms with Crippen molar-refractivity contribution in [3.05, 3.63) is 52.5 Å². The average Bonchev–Trinajstić information content (AvgIpc) is 2.70. The standard InChI is InChI=1S/C19H21ClN2O5/c1-25-16-7-4-12(8-17(16)26-2)10-22-18(23)11-21-13-5-6-15(20)14(9-13)19(24)27-3/h4-9,21H,10-11H2,1-3H3,(H,22,23). The molecular weight excluding hydrogens is 372 g/mol. The molecule has 0 spiro atoms. The van der Waals surface area contributed by atoms with Crippen molar-refractivity contribution in [2.75, 3.05) is 33.2 Å². The van der Waals surface area contributed by atoms with Gasteiger partial charge in [-0.2, -0.15) is 0 Å². The van der Waals surface area contributed by atoms with Crippen LogP contribution in [0.15, 0.2) is 36.4 Å². The molecule has 2 N–H and O–H groups in total. The normalized spacial score (nSPS) is 10.1. The van der Waals surface area contributed by atoms with E-state index in [0.717, 1.165) is 5.56 Å². The molecule has 0 fully saturated rings. The number of carbonyl (C=O) groups excluding carboxylic acids is 2. The van der Waals surface area contributed by atoms with Crippen LogP contribution in [0.5, 0.6) is 11.5 Å². The van der Waals surface area contributed by atoms with E-state index in [-0.39, 0.29) is 23.0 Å². The zero-order valence-corrected chi connectivity index (χ0v) is 16.1. The van der Waals surface area contributed by atoms with E-state index in [0.29, 0.717) is 23.7 Å². The summed E-state index contributed by atoms with van der Waals surface area (Å²) in [5.41, 5.74) is 1.69. The van der Waals surface area contributed by atoms with Crippen molar-refractivity contribution >= 4 is 29.2 Å². The number of anilines is 1. The first kappa shape index (κ1) is 20.4. The van der Waals surface area contributed by atoms with Crippen LogP contribution in [-0.2, 0) is 16.1 Å². The fraction of sp³-hybridized carbons (Fsp3) is 0.263. The van der Waals surface area contributed by atoms with Crippen LogP contribution >= 0.6 is 11.6 Å². The van der Waals surface area contributed by atoms with E-state index >= 15 is 0 Å². The Bertz CT molecular complexity index is 826. The topological polar surface area (TPSA) is 85.9 Å². The first-order valence-electron chi connectivity index (χ1n) is 8.07. The lowest BCUT2D eigenvalue weighted by Gasteiger charge is -2.11. The van der Waals surface area contributed by atoms with Crippen molar-refractivity contribution < 1.29 is 23.8 Å². The van der Waals surface area contributed by atoms with Crippen molar-refractivity contribution in [1.82, 2.24) is 5.32 Å². The molecule has 8 heteroatoms. The maximum Gasteiger partial charge on any atom is 0.339 e. The Morgan fingerprint density at radius 3 is 2.41 bits per heavy atom. The Hall–Kier alpha value is -2.93. The Labute approximate surface area is 162 Å². The summed E-state index contributed by atoms with van der Waals surface area (Å²) in [7, 11) is 4.40. The average molecular weight is 393 g/mol. The molecule has 0 aliphatic heterocycles. The fourth-order valence-corrected chi connectivity index (χ4v) is 2.53. The lowest BCUT2D eigenvalue weighted by Crippen LogP contribution is -2.29. The SMILES string of the molecule is COC(=O)c1cc(NCC(=O)NCc2ccc(OC)c(OC)c2)ccc1Cl. The van der Waals surface area contributed by atoms with Gasteiger partial charge in [0.05, 0.1) is 38.5 Å². The minimum Gasteiger partial charge on any atom is -0.493 e. The monoisotopic (exact) mass is 392 g/mol. The van der Waals surface area contributed by atoms with Crippen LogP contribution in [-0.4, -0.2) is 39.8 Å². The second kappa shape index (κ2) is 9.68. The van der Waals surface area contributed by atoms with Crippen LogP contribution in [0, 0.1) is 0 Å². The molecule has 0 saturated carbocycles. The summed E-state index contributed by atoms with van der Waals surface area (Å²) >= 11 is 5.97. The summed E-state index contributed by atoms with van der Waals surface area (Å²) < 4.78 is 15.1. The van der Waals surface area contributed by atoms with Gasteiger partial charge in [0.2, 0.25) is 5.91 Å². The number of halogens is 1. The third kappa shape index (κ3) is 5.52. The fourth-order valence-electron chi connectivity index (χ4n) is 2.34. The van der Waals surface area contributed by atoms with Gasteiger partial charge in [-0.05, 0) is 35.9 Å². The van der Waals surface area contributed by atoms with Gasteiger partial charge in [-0.25, -0.2) is 4.79 Å². The molecule has 0 aliphatic rings. The second-order valence-electron chi connectivity index (χ2n) is 5.51. The van der Waals surface area contributed by atoms with E-state index in [9.17, 15) is 9.59 Å². The number of nitrogens with one attached hydrogen (secondary N) is 2. The molecule has 7 nitrogen and oxygen atoms in total. The highest BCUT2D eigenvalue weighted by molar-refractivity contribution is 6.33. The summed E-state index contributed by atoms with van der Waals surface area (Å²) in [5.74, 6) is 0.471. The molecule has 0 saturated heterocycles. The molecule has 0 atom stereocenters. The highest BCUT2D eigenvalue weighted by Crippen LogP contribution is 2.27. The van der Waals surface area contributed by atoms with E-state index in [1.807, 2.05) is 6.07 Å². The van der Waals surface area contributed by atoms with Crippen LogP contribution < -0.4 is 20.1 Å². The molecule has 0 radical (unpaired) electrons. The van der Waals surface area contributed by atoms with Crippen LogP contribution in [0.3, 0.4) is 0 Å². The van der Waals surface area contributed by atoms with Gasteiger partial charge in [0, 0.05) is 12.2 Å². The number of benzene rings is 2. The van der Waals surface area contributed by atoms with Crippen LogP contribution in [0.4, 0.5) is 5.69 Å². The predicted molar refractivity (Wildman–Crippen MR) is 103 cm³/mol. The highest BCUT2D eigenvalue weighted by atomic mass is 35.5. The van der Waals surface area contributed by atoms with Crippen molar-refractivity contribution in [1.29, 1.82) is 0 Å². The third-order valence-electron chi connectivity index (χ3n) is 3.76. The number of esters is 1. The molecule has 2 aromatic carbocycles. The molecule has 2 aromatic rings. The quantitative estimate of drug-likeness (QED) is 0.672. The van der Waals surface area contributed by atoms with Crippen LogP contribution in [0.1, 0.15) is 15.9 Å². The Kier molecular flexibility index (Phi) is 7.31. The van der Waals surface area contributed by atoms with Gasteiger partial charge in [-0.3, -0.25) is 4.79 Å². The zero-order valence-electron chi connectivity index (χ0n) is 15.3. The van der Waals surface area contributed by atoms with E-state index in [1.54, 1.807) is 38.5 Å². The van der Waals surface area contributed by atoms with Crippen LogP contribution in [0.25, 0.3) is 0 Å². The van der Waals surface area contributed by atoms with Gasteiger partial charge < -0.3 is 24.8 Å². The van der Waals surface area contributed by atoms with Crippen molar-refractivity contribution in [3.63, 3.8) is 0 Å². The Morgan fingerprint density at radius 1 is 1.00 bits per heavy atom. The molecule has 0 bridgehead atoms. The third-order valence-corrected chi connectivity index (χ3v) is 4.09. The van der Waals surface area contributed by atoms with E-state index < -0.39 is 5.97 Å². The molecule has 27 heavy (non-hydrogen) atoms. The summed E-state index contributed by atoms with van der Waals surface area (Å²) in [6, 6.07) is 10.2. The molecule has 0 heterocycles. The molecule has 2 rings (SSSR count). The Morgan fingerprint density at radius 2 is 1.74 bits per heavy atom. The summed E-state index contributed by atoms with van der Waals surface area (Å²) in [6.45, 7) is 0.379. The minimum absolute atomic E-state index is 0.0372. The lowest BCUT2D eigenvalue weighted by atomic mass is 10.2. The van der Waals surface area contributed by atoms with Crippen molar-refractivity contribution in [2.45, 2.75) is 6.54 Å². The minimum atomic E-state index is -0.540. The number of methoxy groups -OCH3 is 3. The number of ether oxygens (including phenoxy) is 3. The maximum absolute atomic E-state index is 12.1. The molecule has 0 unspecified atom stereocenters. The summed E-state index contributed by atoms with van der Waals surface area (Å²) in [5, 5.41) is 6.03. The van der Waals surface area contributed by atoms with Gasteiger partial charge in [0.1, 0.15) is 0 Å². The first-order valence-corrected chi connectivity index (χ1v) is 8.45. The van der Waals surface area contributed by atoms with E-state index in [4.69, 9.17) is 21.1 Å². The lowest BCUT2D eigenvalue weighted by molar-refractivity contribution is -0.119. The van der Waals surface area contributed by atoms with Gasteiger partial charge in [-0.1, -0.05) is 17.7 Å². The van der Waals surface area contributed by atoms with Crippen molar-refractivity contribution in [2.24, 2.45) is 0 Å². The maximum atomic E-state index is 12.1. The van der Waals surface area contributed by atoms with E-state index in [2.05, 4.69) is 15.4 Å². The number of hydrogen-bond donors (Lipinski definition) is 2. The smallest absolute Gasteiger partial charge is 0.339 e. The van der Waals surface area contributed by atoms with E-state index in [1.165, 1.54) is 13.2 Å². The molecule has 1 amide bonds. The van der Waals surface area contributed by atoms with Gasteiger partial charge >= 0.3 is 5.97 Å². The first-order chi connectivity index (χ1) is 13.0. The largest absolute Gasteiger partial charge is 0.493 e. The zero-order chi connectivity index (χ0) is 19.8. The molecule has 0 aromatic heterocycles. The number of rotatable bonds is 8. The molecule has 144 valence electrons. The number of amides is 1. The Balaban J connectivity index is 1.91. The molecular formula is C19H21ClN2O5. The van der Waals surface area contributed by atoms with Crippen LogP contribution in [0.2, 0.25) is 5.02 Å². The predicted octanol–water partition coefficient (Wildman–Crippen LogP) is 2.87.